The first-order chi connectivity index (χ1) is 14.3. The topological polar surface area (TPSA) is 84.1 Å². The largest absolute Gasteiger partial charge is 0.497 e. The summed E-state index contributed by atoms with van der Waals surface area (Å²) < 4.78 is 13.9. The van der Waals surface area contributed by atoms with Crippen LogP contribution in [-0.2, 0) is 11.3 Å². The molecule has 0 aliphatic rings. The fraction of sp³-hybridized carbons (Fsp3) is 0.273. The van der Waals surface area contributed by atoms with Gasteiger partial charge in [0.1, 0.15) is 22.7 Å². The average molecular weight is 405 g/mol. The van der Waals surface area contributed by atoms with E-state index in [1.807, 2.05) is 63.4 Å². The van der Waals surface area contributed by atoms with Gasteiger partial charge >= 0.3 is 6.09 Å². The number of rotatable bonds is 4. The van der Waals surface area contributed by atoms with Gasteiger partial charge in [0.25, 0.3) is 0 Å². The van der Waals surface area contributed by atoms with Crippen molar-refractivity contribution in [2.75, 3.05) is 7.11 Å². The Kier molecular flexibility index (Phi) is 4.99. The molecule has 154 valence electrons. The summed E-state index contributed by atoms with van der Waals surface area (Å²) in [7, 11) is 1.64. The van der Waals surface area contributed by atoms with Crippen LogP contribution in [0, 0.1) is 0 Å². The van der Waals surface area contributed by atoms with E-state index in [9.17, 15) is 4.79 Å². The molecule has 3 heterocycles. The summed E-state index contributed by atoms with van der Waals surface area (Å²) in [5, 5.41) is 9.35. The molecule has 0 spiro atoms. The third-order valence-electron chi connectivity index (χ3n) is 4.47. The monoisotopic (exact) mass is 405 g/mol. The zero-order chi connectivity index (χ0) is 21.3. The number of hydrogen-bond acceptors (Lipinski definition) is 6. The maximum Gasteiger partial charge on any atom is 0.420 e. The molecule has 0 aliphatic heterocycles. The van der Waals surface area contributed by atoms with Gasteiger partial charge in [0, 0.05) is 23.3 Å². The van der Waals surface area contributed by atoms with Crippen LogP contribution >= 0.6 is 0 Å². The highest BCUT2D eigenvalue weighted by Crippen LogP contribution is 2.29. The molecule has 0 amide bonds. The summed E-state index contributed by atoms with van der Waals surface area (Å²) in [5.74, 6) is 0.806. The fourth-order valence-corrected chi connectivity index (χ4v) is 3.13. The number of pyridine rings is 1. The minimum Gasteiger partial charge on any atom is -0.497 e. The van der Waals surface area contributed by atoms with Gasteiger partial charge in [-0.15, -0.1) is 5.10 Å². The van der Waals surface area contributed by atoms with Gasteiger partial charge in [0.05, 0.1) is 19.9 Å². The molecule has 0 saturated carbocycles. The summed E-state index contributed by atoms with van der Waals surface area (Å²) in [6.07, 6.45) is 4.72. The van der Waals surface area contributed by atoms with E-state index in [2.05, 4.69) is 15.3 Å². The molecule has 0 N–H and O–H groups in total. The maximum absolute atomic E-state index is 12.7. The number of nitrogens with zero attached hydrogens (tertiary/aromatic N) is 5. The summed E-state index contributed by atoms with van der Waals surface area (Å²) in [6, 6.07) is 11.5. The van der Waals surface area contributed by atoms with Gasteiger partial charge in [-0.25, -0.2) is 19.0 Å². The molecule has 0 atom stereocenters. The van der Waals surface area contributed by atoms with Crippen molar-refractivity contribution in [2.45, 2.75) is 32.9 Å². The molecule has 0 fully saturated rings. The van der Waals surface area contributed by atoms with Gasteiger partial charge in [-0.2, -0.15) is 0 Å². The second-order valence-corrected chi connectivity index (χ2v) is 7.92. The highest BCUT2D eigenvalue weighted by atomic mass is 16.6. The second-order valence-electron chi connectivity index (χ2n) is 7.92. The minimum absolute atomic E-state index is 0.483. The molecule has 0 unspecified atom stereocenters. The smallest absolute Gasteiger partial charge is 0.420 e. The van der Waals surface area contributed by atoms with E-state index in [0.717, 1.165) is 22.3 Å². The molecule has 0 radical (unpaired) electrons. The summed E-state index contributed by atoms with van der Waals surface area (Å²) in [5.41, 5.74) is 2.41. The van der Waals surface area contributed by atoms with Crippen LogP contribution < -0.4 is 4.74 Å². The molecule has 8 heteroatoms. The summed E-state index contributed by atoms with van der Waals surface area (Å²) in [6.45, 7) is 6.06. The third-order valence-corrected chi connectivity index (χ3v) is 4.47. The van der Waals surface area contributed by atoms with Crippen LogP contribution in [0.4, 0.5) is 4.79 Å². The number of hydrogen-bond donors (Lipinski definition) is 0. The van der Waals surface area contributed by atoms with Crippen LogP contribution in [0.15, 0.2) is 55.0 Å². The Morgan fingerprint density at radius 1 is 1.10 bits per heavy atom. The first-order valence-electron chi connectivity index (χ1n) is 9.57. The van der Waals surface area contributed by atoms with Crippen molar-refractivity contribution in [2.24, 2.45) is 0 Å². The van der Waals surface area contributed by atoms with E-state index in [1.54, 1.807) is 24.2 Å². The van der Waals surface area contributed by atoms with Crippen molar-refractivity contribution in [3.8, 4) is 17.0 Å². The highest BCUT2D eigenvalue weighted by molar-refractivity contribution is 5.97. The van der Waals surface area contributed by atoms with Gasteiger partial charge in [-0.3, -0.25) is 0 Å². The number of carbonyl (C=O) groups is 1. The average Bonchev–Trinajstić information content (AvgIpc) is 3.32. The lowest BCUT2D eigenvalue weighted by molar-refractivity contribution is 0.0544. The lowest BCUT2D eigenvalue weighted by atomic mass is 10.2. The van der Waals surface area contributed by atoms with Crippen molar-refractivity contribution in [3.05, 3.63) is 60.6 Å². The van der Waals surface area contributed by atoms with Crippen LogP contribution in [0.25, 0.3) is 22.3 Å². The van der Waals surface area contributed by atoms with Crippen LogP contribution in [0.5, 0.6) is 5.75 Å². The maximum atomic E-state index is 12.7. The second kappa shape index (κ2) is 7.62. The molecule has 0 saturated heterocycles. The van der Waals surface area contributed by atoms with Gasteiger partial charge < -0.3 is 9.47 Å². The van der Waals surface area contributed by atoms with Crippen molar-refractivity contribution >= 4 is 17.1 Å². The number of aromatic nitrogens is 5. The number of carbonyl (C=O) groups excluding carboxylic acids is 1. The Hall–Kier alpha value is -3.68. The van der Waals surface area contributed by atoms with Crippen molar-refractivity contribution in [1.29, 1.82) is 0 Å². The standard InChI is InChI=1S/C22H23N5O3/c1-22(2,3)30-21(28)27-13-18(17-6-5-11-23-20(17)27)19-14-26(25-24-19)12-15-7-9-16(29-4)10-8-15/h5-11,13-14H,12H2,1-4H3. The van der Waals surface area contributed by atoms with E-state index >= 15 is 0 Å². The number of benzene rings is 1. The van der Waals surface area contributed by atoms with Crippen LogP contribution in [0.1, 0.15) is 26.3 Å². The van der Waals surface area contributed by atoms with Crippen molar-refractivity contribution in [3.63, 3.8) is 0 Å². The Morgan fingerprint density at radius 2 is 1.87 bits per heavy atom. The molecule has 4 aromatic rings. The Labute approximate surface area is 174 Å². The van der Waals surface area contributed by atoms with E-state index in [1.165, 1.54) is 4.57 Å². The van der Waals surface area contributed by atoms with Gasteiger partial charge in [-0.05, 0) is 50.6 Å². The molecule has 0 bridgehead atoms. The zero-order valence-electron chi connectivity index (χ0n) is 17.4. The number of fused-ring (bicyclic) bond motifs is 1. The van der Waals surface area contributed by atoms with E-state index in [-0.39, 0.29) is 0 Å². The lowest BCUT2D eigenvalue weighted by Crippen LogP contribution is -2.26. The van der Waals surface area contributed by atoms with E-state index in [4.69, 9.17) is 9.47 Å². The third kappa shape index (κ3) is 4.03. The van der Waals surface area contributed by atoms with Gasteiger partial charge in [0.15, 0.2) is 0 Å². The fourth-order valence-electron chi connectivity index (χ4n) is 3.13. The predicted molar refractivity (Wildman–Crippen MR) is 112 cm³/mol. The number of ether oxygens (including phenoxy) is 2. The van der Waals surface area contributed by atoms with E-state index < -0.39 is 11.7 Å². The van der Waals surface area contributed by atoms with Gasteiger partial charge in [-0.1, -0.05) is 17.3 Å². The number of methoxy groups -OCH3 is 1. The van der Waals surface area contributed by atoms with Crippen LogP contribution in [0.3, 0.4) is 0 Å². The molecule has 0 aliphatic carbocycles. The Balaban J connectivity index is 1.66. The molecular formula is C22H23N5O3. The summed E-state index contributed by atoms with van der Waals surface area (Å²) >= 11 is 0. The predicted octanol–water partition coefficient (Wildman–Crippen LogP) is 4.13. The molecule has 1 aromatic carbocycles. The first-order valence-corrected chi connectivity index (χ1v) is 9.57. The molecule has 30 heavy (non-hydrogen) atoms. The van der Waals surface area contributed by atoms with E-state index in [0.29, 0.717) is 17.9 Å². The molecule has 8 nitrogen and oxygen atoms in total. The molecule has 4 rings (SSSR count). The lowest BCUT2D eigenvalue weighted by Gasteiger charge is -2.19. The quantitative estimate of drug-likeness (QED) is 0.507. The highest BCUT2D eigenvalue weighted by Gasteiger charge is 2.22. The zero-order valence-corrected chi connectivity index (χ0v) is 17.4. The molecule has 3 aromatic heterocycles. The Morgan fingerprint density at radius 3 is 2.57 bits per heavy atom. The Bertz CT molecular complexity index is 1190. The summed E-state index contributed by atoms with van der Waals surface area (Å²) in [4.78, 5) is 17.0. The van der Waals surface area contributed by atoms with Gasteiger partial charge in [0.2, 0.25) is 0 Å². The molecular weight excluding hydrogens is 382 g/mol. The SMILES string of the molecule is COc1ccc(Cn2cc(-c3cn(C(=O)OC(C)(C)C)c4ncccc34)nn2)cc1. The minimum atomic E-state index is -0.607. The van der Waals surface area contributed by atoms with Crippen molar-refractivity contribution in [1.82, 2.24) is 24.5 Å². The van der Waals surface area contributed by atoms with Crippen LogP contribution in [0.2, 0.25) is 0 Å². The van der Waals surface area contributed by atoms with Crippen molar-refractivity contribution < 1.29 is 14.3 Å². The first kappa shape index (κ1) is 19.6. The van der Waals surface area contributed by atoms with Crippen LogP contribution in [-0.4, -0.2) is 43.3 Å². The normalized spacial score (nSPS) is 11.6.